The van der Waals surface area contributed by atoms with Crippen LogP contribution in [0.15, 0.2) is 24.3 Å². The van der Waals surface area contributed by atoms with Crippen LogP contribution in [-0.2, 0) is 12.7 Å². The van der Waals surface area contributed by atoms with Gasteiger partial charge in [-0.05, 0) is 30.5 Å². The van der Waals surface area contributed by atoms with Gasteiger partial charge < -0.3 is 15.3 Å². The summed E-state index contributed by atoms with van der Waals surface area (Å²) in [7, 11) is 0. The highest BCUT2D eigenvalue weighted by molar-refractivity contribution is 5.74. The van der Waals surface area contributed by atoms with E-state index in [0.29, 0.717) is 25.1 Å². The monoisotopic (exact) mass is 302 g/mol. The van der Waals surface area contributed by atoms with Crippen molar-refractivity contribution in [1.82, 2.24) is 10.2 Å². The van der Waals surface area contributed by atoms with Crippen LogP contribution >= 0.6 is 0 Å². The van der Waals surface area contributed by atoms with Crippen LogP contribution in [-0.4, -0.2) is 35.2 Å². The lowest BCUT2D eigenvalue weighted by Crippen LogP contribution is -2.46. The number of carbonyl (C=O) groups is 1. The number of halogens is 3. The van der Waals surface area contributed by atoms with Crippen LogP contribution in [0.25, 0.3) is 0 Å². The summed E-state index contributed by atoms with van der Waals surface area (Å²) in [5, 5.41) is 12.1. The van der Waals surface area contributed by atoms with Crippen LogP contribution in [0.3, 0.4) is 0 Å². The molecule has 0 bridgehead atoms. The minimum Gasteiger partial charge on any atom is -0.391 e. The topological polar surface area (TPSA) is 52.6 Å². The summed E-state index contributed by atoms with van der Waals surface area (Å²) in [6, 6.07) is 4.36. The Morgan fingerprint density at radius 2 is 2.00 bits per heavy atom. The zero-order valence-corrected chi connectivity index (χ0v) is 11.4. The maximum Gasteiger partial charge on any atom is 0.416 e. The molecule has 1 aromatic rings. The molecule has 4 nitrogen and oxygen atoms in total. The van der Waals surface area contributed by atoms with Crippen molar-refractivity contribution in [1.29, 1.82) is 0 Å². The number of likely N-dealkylation sites (tertiary alicyclic amines) is 1. The Labute approximate surface area is 120 Å². The van der Waals surface area contributed by atoms with E-state index in [1.807, 2.05) is 0 Å². The second-order valence-corrected chi connectivity index (χ2v) is 5.10. The number of aliphatic hydroxyl groups is 1. The first-order valence-corrected chi connectivity index (χ1v) is 6.73. The Kier molecular flexibility index (Phi) is 4.72. The largest absolute Gasteiger partial charge is 0.416 e. The quantitative estimate of drug-likeness (QED) is 0.881. The van der Waals surface area contributed by atoms with Crippen molar-refractivity contribution < 1.29 is 23.1 Å². The Morgan fingerprint density at radius 1 is 1.33 bits per heavy atom. The number of alkyl halides is 3. The number of amides is 2. The molecule has 1 atom stereocenters. The van der Waals surface area contributed by atoms with Gasteiger partial charge in [0.25, 0.3) is 0 Å². The highest BCUT2D eigenvalue weighted by Crippen LogP contribution is 2.29. The van der Waals surface area contributed by atoms with E-state index in [4.69, 9.17) is 0 Å². The number of benzene rings is 1. The number of aliphatic hydroxyl groups excluding tert-OH is 1. The molecule has 116 valence electrons. The van der Waals surface area contributed by atoms with E-state index in [2.05, 4.69) is 5.32 Å². The fourth-order valence-electron chi connectivity index (χ4n) is 2.24. The molecule has 7 heteroatoms. The molecular formula is C14H17F3N2O2. The van der Waals surface area contributed by atoms with Crippen molar-refractivity contribution in [2.45, 2.75) is 31.7 Å². The van der Waals surface area contributed by atoms with Gasteiger partial charge in [0, 0.05) is 19.6 Å². The normalized spacial score (nSPS) is 19.4. The average Bonchev–Trinajstić information content (AvgIpc) is 2.44. The number of hydrogen-bond donors (Lipinski definition) is 2. The van der Waals surface area contributed by atoms with E-state index in [9.17, 15) is 23.1 Å². The summed E-state index contributed by atoms with van der Waals surface area (Å²) in [4.78, 5) is 13.4. The third kappa shape index (κ3) is 4.35. The van der Waals surface area contributed by atoms with E-state index in [0.717, 1.165) is 18.6 Å². The number of nitrogens with zero attached hydrogens (tertiary/aromatic N) is 1. The summed E-state index contributed by atoms with van der Waals surface area (Å²) in [6.45, 7) is 1.03. The number of rotatable bonds is 2. The smallest absolute Gasteiger partial charge is 0.391 e. The lowest BCUT2D eigenvalue weighted by Gasteiger charge is -2.30. The van der Waals surface area contributed by atoms with Crippen LogP contribution in [0.1, 0.15) is 24.0 Å². The van der Waals surface area contributed by atoms with Crippen LogP contribution < -0.4 is 5.32 Å². The molecule has 1 fully saturated rings. The number of piperidine rings is 1. The van der Waals surface area contributed by atoms with Crippen molar-refractivity contribution in [3.8, 4) is 0 Å². The van der Waals surface area contributed by atoms with Gasteiger partial charge in [-0.3, -0.25) is 0 Å². The maximum atomic E-state index is 12.4. The van der Waals surface area contributed by atoms with Crippen molar-refractivity contribution in [3.05, 3.63) is 35.4 Å². The second kappa shape index (κ2) is 6.34. The number of β-amino-alcohol motifs (C(OH)–C–C–N with tert-alkyl or cyclic N) is 1. The summed E-state index contributed by atoms with van der Waals surface area (Å²) in [6.07, 6.45) is -3.43. The molecule has 1 aliphatic heterocycles. The molecule has 0 radical (unpaired) electrons. The van der Waals surface area contributed by atoms with E-state index >= 15 is 0 Å². The lowest BCUT2D eigenvalue weighted by atomic mass is 10.1. The average molecular weight is 302 g/mol. The molecule has 2 N–H and O–H groups in total. The zero-order chi connectivity index (χ0) is 15.5. The first-order chi connectivity index (χ1) is 9.86. The van der Waals surface area contributed by atoms with Gasteiger partial charge in [-0.2, -0.15) is 13.2 Å². The number of urea groups is 1. The van der Waals surface area contributed by atoms with Gasteiger partial charge in [-0.25, -0.2) is 4.79 Å². The van der Waals surface area contributed by atoms with Crippen molar-refractivity contribution in [2.24, 2.45) is 0 Å². The predicted octanol–water partition coefficient (Wildman–Crippen LogP) is 2.37. The minimum atomic E-state index is -4.36. The predicted molar refractivity (Wildman–Crippen MR) is 70.5 cm³/mol. The Morgan fingerprint density at radius 3 is 2.57 bits per heavy atom. The van der Waals surface area contributed by atoms with Gasteiger partial charge in [0.2, 0.25) is 0 Å². The van der Waals surface area contributed by atoms with Crippen LogP contribution in [0, 0.1) is 0 Å². The van der Waals surface area contributed by atoms with E-state index < -0.39 is 17.8 Å². The maximum absolute atomic E-state index is 12.4. The molecule has 1 heterocycles. The van der Waals surface area contributed by atoms with Gasteiger partial charge in [-0.15, -0.1) is 0 Å². The lowest BCUT2D eigenvalue weighted by molar-refractivity contribution is -0.137. The fraction of sp³-hybridized carbons (Fsp3) is 0.500. The summed E-state index contributed by atoms with van der Waals surface area (Å²) in [5.41, 5.74) is -0.120. The van der Waals surface area contributed by atoms with Gasteiger partial charge in [0.15, 0.2) is 0 Å². The molecule has 2 rings (SSSR count). The van der Waals surface area contributed by atoms with Crippen molar-refractivity contribution >= 4 is 6.03 Å². The summed E-state index contributed by atoms with van der Waals surface area (Å²) < 4.78 is 37.2. The summed E-state index contributed by atoms with van der Waals surface area (Å²) in [5.74, 6) is 0. The molecule has 21 heavy (non-hydrogen) atoms. The van der Waals surface area contributed by atoms with E-state index in [1.54, 1.807) is 0 Å². The number of carbonyl (C=O) groups excluding carboxylic acids is 1. The molecule has 0 aliphatic carbocycles. The van der Waals surface area contributed by atoms with E-state index in [-0.39, 0.29) is 12.6 Å². The van der Waals surface area contributed by atoms with E-state index in [1.165, 1.54) is 17.0 Å². The zero-order valence-electron chi connectivity index (χ0n) is 11.4. The van der Waals surface area contributed by atoms with Crippen LogP contribution in [0.4, 0.5) is 18.0 Å². The highest BCUT2D eigenvalue weighted by atomic mass is 19.4. The van der Waals surface area contributed by atoms with Gasteiger partial charge in [0.05, 0.1) is 11.7 Å². The summed E-state index contributed by atoms with van der Waals surface area (Å²) >= 11 is 0. The van der Waals surface area contributed by atoms with Crippen LogP contribution in [0.2, 0.25) is 0 Å². The number of hydrogen-bond acceptors (Lipinski definition) is 2. The third-order valence-corrected chi connectivity index (χ3v) is 3.41. The first-order valence-electron chi connectivity index (χ1n) is 6.73. The molecule has 1 aliphatic rings. The van der Waals surface area contributed by atoms with Crippen LogP contribution in [0.5, 0.6) is 0 Å². The molecule has 0 unspecified atom stereocenters. The van der Waals surface area contributed by atoms with Gasteiger partial charge >= 0.3 is 12.2 Å². The third-order valence-electron chi connectivity index (χ3n) is 3.41. The Bertz CT molecular complexity index is 488. The molecule has 1 saturated heterocycles. The fourth-order valence-corrected chi connectivity index (χ4v) is 2.24. The Hall–Kier alpha value is -1.76. The number of nitrogens with one attached hydrogen (secondary N) is 1. The van der Waals surface area contributed by atoms with Gasteiger partial charge in [0.1, 0.15) is 0 Å². The SMILES string of the molecule is O=C(NCc1ccc(C(F)(F)F)cc1)N1CCC[C@@H](O)C1. The standard InChI is InChI=1S/C14H17F3N2O2/c15-14(16,17)11-5-3-10(4-6-11)8-18-13(21)19-7-1-2-12(20)9-19/h3-6,12,20H,1-2,7-9H2,(H,18,21)/t12-/m1/s1. The molecule has 0 saturated carbocycles. The first kappa shape index (κ1) is 15.6. The molecule has 1 aromatic carbocycles. The van der Waals surface area contributed by atoms with Crippen molar-refractivity contribution in [3.63, 3.8) is 0 Å². The molecule has 0 aromatic heterocycles. The molecular weight excluding hydrogens is 285 g/mol. The Balaban J connectivity index is 1.86. The molecule has 0 spiro atoms. The molecule has 2 amide bonds. The highest BCUT2D eigenvalue weighted by Gasteiger charge is 2.30. The minimum absolute atomic E-state index is 0.156. The van der Waals surface area contributed by atoms with Crippen molar-refractivity contribution in [2.75, 3.05) is 13.1 Å². The van der Waals surface area contributed by atoms with Gasteiger partial charge in [-0.1, -0.05) is 12.1 Å². The second-order valence-electron chi connectivity index (χ2n) is 5.10.